The van der Waals surface area contributed by atoms with Gasteiger partial charge in [-0.05, 0) is 37.8 Å². The highest BCUT2D eigenvalue weighted by molar-refractivity contribution is 5.46. The minimum Gasteiger partial charge on any atom is -0.491 e. The van der Waals surface area contributed by atoms with Crippen LogP contribution in [0.2, 0.25) is 0 Å². The molecule has 0 bridgehead atoms. The van der Waals surface area contributed by atoms with Gasteiger partial charge in [-0.2, -0.15) is 0 Å². The second-order valence-electron chi connectivity index (χ2n) is 5.50. The average Bonchev–Trinajstić information content (AvgIpc) is 3.13. The first kappa shape index (κ1) is 13.5. The van der Waals surface area contributed by atoms with Crippen molar-refractivity contribution in [2.45, 2.75) is 37.8 Å². The Kier molecular flexibility index (Phi) is 4.28. The number of hydrogen-bond acceptors (Lipinski definition) is 4. The second kappa shape index (κ2) is 6.33. The van der Waals surface area contributed by atoms with Gasteiger partial charge in [0, 0.05) is 6.07 Å². The van der Waals surface area contributed by atoms with Crippen LogP contribution in [-0.4, -0.2) is 37.2 Å². The number of hydrogen-bond donors (Lipinski definition) is 2. The molecule has 3 rings (SSSR count). The Morgan fingerprint density at radius 3 is 2.90 bits per heavy atom. The summed E-state index contributed by atoms with van der Waals surface area (Å²) in [6, 6.07) is 6.15. The molecular formula is C15H22NO4+. The lowest BCUT2D eigenvalue weighted by molar-refractivity contribution is -0.693. The van der Waals surface area contributed by atoms with Gasteiger partial charge in [-0.25, -0.2) is 0 Å². The summed E-state index contributed by atoms with van der Waals surface area (Å²) in [6.45, 7) is 1.27. The molecule has 1 aromatic rings. The lowest BCUT2D eigenvalue weighted by Crippen LogP contribution is -2.91. The minimum absolute atomic E-state index is 0.262. The maximum absolute atomic E-state index is 9.95. The highest BCUT2D eigenvalue weighted by atomic mass is 16.7. The smallest absolute Gasteiger partial charge is 0.231 e. The molecule has 0 unspecified atom stereocenters. The van der Waals surface area contributed by atoms with Crippen LogP contribution in [0, 0.1) is 0 Å². The molecule has 0 amide bonds. The first-order chi connectivity index (χ1) is 9.81. The second-order valence-corrected chi connectivity index (χ2v) is 5.50. The number of aliphatic hydroxyl groups is 1. The van der Waals surface area contributed by atoms with E-state index in [0.29, 0.717) is 30.7 Å². The summed E-state index contributed by atoms with van der Waals surface area (Å²) < 4.78 is 16.1. The third-order valence-electron chi connectivity index (χ3n) is 3.93. The molecule has 0 saturated heterocycles. The van der Waals surface area contributed by atoms with E-state index in [1.165, 1.54) is 25.7 Å². The van der Waals surface area contributed by atoms with Crippen molar-refractivity contribution < 1.29 is 24.6 Å². The predicted octanol–water partition coefficient (Wildman–Crippen LogP) is 0.661. The number of fused-ring (bicyclic) bond motifs is 1. The van der Waals surface area contributed by atoms with Crippen LogP contribution < -0.4 is 19.5 Å². The van der Waals surface area contributed by atoms with Gasteiger partial charge < -0.3 is 24.6 Å². The molecule has 1 aliphatic carbocycles. The number of quaternary nitrogens is 1. The summed E-state index contributed by atoms with van der Waals surface area (Å²) in [5.74, 6) is 2.15. The van der Waals surface area contributed by atoms with Crippen LogP contribution in [0.5, 0.6) is 17.2 Å². The molecule has 0 radical (unpaired) electrons. The number of rotatable bonds is 6. The molecule has 1 aliphatic heterocycles. The van der Waals surface area contributed by atoms with Crippen molar-refractivity contribution in [2.24, 2.45) is 0 Å². The third kappa shape index (κ3) is 3.35. The maximum Gasteiger partial charge on any atom is 0.231 e. The van der Waals surface area contributed by atoms with Crippen LogP contribution in [0.25, 0.3) is 0 Å². The molecule has 0 spiro atoms. The van der Waals surface area contributed by atoms with E-state index in [0.717, 1.165) is 5.75 Å². The van der Waals surface area contributed by atoms with Gasteiger partial charge in [0.2, 0.25) is 6.79 Å². The van der Waals surface area contributed by atoms with Crippen LogP contribution in [0.3, 0.4) is 0 Å². The zero-order valence-electron chi connectivity index (χ0n) is 11.6. The van der Waals surface area contributed by atoms with E-state index < -0.39 is 6.10 Å². The Balaban J connectivity index is 1.41. The zero-order chi connectivity index (χ0) is 13.8. The molecule has 1 fully saturated rings. The zero-order valence-corrected chi connectivity index (χ0v) is 11.6. The summed E-state index contributed by atoms with van der Waals surface area (Å²) in [4.78, 5) is 0. The van der Waals surface area contributed by atoms with Crippen LogP contribution in [-0.2, 0) is 0 Å². The standard InChI is InChI=1S/C15H21NO4/c17-12(8-16-11-3-1-2-4-11)9-18-13-5-6-14-15(7-13)20-10-19-14/h5-7,11-12,16-17H,1-4,8-10H2/p+1/t12-/m0/s1. The van der Waals surface area contributed by atoms with Crippen LogP contribution >= 0.6 is 0 Å². The molecule has 0 aromatic heterocycles. The molecule has 1 heterocycles. The molecule has 3 N–H and O–H groups in total. The van der Waals surface area contributed by atoms with Crippen molar-refractivity contribution in [1.29, 1.82) is 0 Å². The Labute approximate surface area is 118 Å². The van der Waals surface area contributed by atoms with Gasteiger partial charge in [-0.1, -0.05) is 0 Å². The minimum atomic E-state index is -0.443. The number of aliphatic hydroxyl groups excluding tert-OH is 1. The number of nitrogens with two attached hydrogens (primary N) is 1. The molecule has 110 valence electrons. The van der Waals surface area contributed by atoms with Crippen molar-refractivity contribution in [3.8, 4) is 17.2 Å². The van der Waals surface area contributed by atoms with Crippen molar-refractivity contribution in [1.82, 2.24) is 0 Å². The molecule has 5 heteroatoms. The van der Waals surface area contributed by atoms with Crippen molar-refractivity contribution in [2.75, 3.05) is 19.9 Å². The van der Waals surface area contributed by atoms with E-state index in [1.54, 1.807) is 6.07 Å². The van der Waals surface area contributed by atoms with E-state index in [4.69, 9.17) is 14.2 Å². The topological polar surface area (TPSA) is 64.5 Å². The molecule has 1 saturated carbocycles. The van der Waals surface area contributed by atoms with Gasteiger partial charge in [-0.15, -0.1) is 0 Å². The van der Waals surface area contributed by atoms with Crippen molar-refractivity contribution in [3.05, 3.63) is 18.2 Å². The first-order valence-electron chi connectivity index (χ1n) is 7.35. The molecule has 1 atom stereocenters. The predicted molar refractivity (Wildman–Crippen MR) is 73.1 cm³/mol. The lowest BCUT2D eigenvalue weighted by atomic mass is 10.2. The summed E-state index contributed by atoms with van der Waals surface area (Å²) >= 11 is 0. The van der Waals surface area contributed by atoms with E-state index in [9.17, 15) is 5.11 Å². The van der Waals surface area contributed by atoms with Gasteiger partial charge in [0.25, 0.3) is 0 Å². The summed E-state index contributed by atoms with van der Waals surface area (Å²) in [6.07, 6.45) is 4.75. The van der Waals surface area contributed by atoms with Crippen LogP contribution in [0.1, 0.15) is 25.7 Å². The summed E-state index contributed by atoms with van der Waals surface area (Å²) in [5.41, 5.74) is 0. The average molecular weight is 280 g/mol. The lowest BCUT2D eigenvalue weighted by Gasteiger charge is -2.14. The Morgan fingerprint density at radius 2 is 2.05 bits per heavy atom. The Hall–Kier alpha value is -1.46. The van der Waals surface area contributed by atoms with E-state index >= 15 is 0 Å². The molecular weight excluding hydrogens is 258 g/mol. The Bertz CT molecular complexity index is 445. The van der Waals surface area contributed by atoms with Gasteiger partial charge >= 0.3 is 0 Å². The van der Waals surface area contributed by atoms with Crippen molar-refractivity contribution in [3.63, 3.8) is 0 Å². The summed E-state index contributed by atoms with van der Waals surface area (Å²) in [5, 5.41) is 12.2. The van der Waals surface area contributed by atoms with Gasteiger partial charge in [0.1, 0.15) is 25.0 Å². The number of benzene rings is 1. The molecule has 5 nitrogen and oxygen atoms in total. The SMILES string of the molecule is O[C@@H](C[NH2+]C1CCCC1)COc1ccc2c(c1)OCO2. The largest absolute Gasteiger partial charge is 0.491 e. The Morgan fingerprint density at radius 1 is 1.25 bits per heavy atom. The fourth-order valence-corrected chi connectivity index (χ4v) is 2.77. The van der Waals surface area contributed by atoms with Gasteiger partial charge in [0.05, 0.1) is 6.04 Å². The number of ether oxygens (including phenoxy) is 3. The quantitative estimate of drug-likeness (QED) is 0.803. The third-order valence-corrected chi connectivity index (χ3v) is 3.93. The molecule has 2 aliphatic rings. The van der Waals surface area contributed by atoms with Gasteiger partial charge in [0.15, 0.2) is 11.5 Å². The molecule has 1 aromatic carbocycles. The van der Waals surface area contributed by atoms with Crippen LogP contribution in [0.15, 0.2) is 18.2 Å². The monoisotopic (exact) mass is 280 g/mol. The maximum atomic E-state index is 9.95. The highest BCUT2D eigenvalue weighted by Gasteiger charge is 2.19. The summed E-state index contributed by atoms with van der Waals surface area (Å²) in [7, 11) is 0. The fourth-order valence-electron chi connectivity index (χ4n) is 2.77. The van der Waals surface area contributed by atoms with E-state index in [-0.39, 0.29) is 6.79 Å². The van der Waals surface area contributed by atoms with Crippen molar-refractivity contribution >= 4 is 0 Å². The van der Waals surface area contributed by atoms with E-state index in [2.05, 4.69) is 5.32 Å². The van der Waals surface area contributed by atoms with Crippen LogP contribution in [0.4, 0.5) is 0 Å². The van der Waals surface area contributed by atoms with Gasteiger partial charge in [-0.3, -0.25) is 0 Å². The highest BCUT2D eigenvalue weighted by Crippen LogP contribution is 2.35. The van der Waals surface area contributed by atoms with E-state index in [1.807, 2.05) is 12.1 Å². The fraction of sp³-hybridized carbons (Fsp3) is 0.600. The normalized spacial score (nSPS) is 19.2. The first-order valence-corrected chi connectivity index (χ1v) is 7.35. The molecule has 20 heavy (non-hydrogen) atoms.